The first-order valence-corrected chi connectivity index (χ1v) is 12.2. The summed E-state index contributed by atoms with van der Waals surface area (Å²) < 4.78 is 23.2. The van der Waals surface area contributed by atoms with E-state index in [0.717, 1.165) is 58.4 Å². The van der Waals surface area contributed by atoms with Crippen molar-refractivity contribution in [2.75, 3.05) is 26.9 Å². The number of para-hydroxylation sites is 1. The Bertz CT molecular complexity index is 1450. The molecule has 2 aromatic heterocycles. The number of fused-ring (bicyclic) bond motifs is 3. The third-order valence-corrected chi connectivity index (χ3v) is 7.65. The van der Waals surface area contributed by atoms with Crippen molar-refractivity contribution in [3.05, 3.63) is 53.6 Å². The predicted octanol–water partition coefficient (Wildman–Crippen LogP) is 3.67. The van der Waals surface area contributed by atoms with E-state index >= 15 is 0 Å². The second-order valence-corrected chi connectivity index (χ2v) is 9.97. The van der Waals surface area contributed by atoms with Crippen molar-refractivity contribution in [1.29, 1.82) is 0 Å². The third-order valence-electron chi connectivity index (χ3n) is 7.65. The number of hydrogen-bond donors (Lipinski definition) is 1. The molecule has 2 aliphatic rings. The van der Waals surface area contributed by atoms with Gasteiger partial charge in [-0.15, -0.1) is 0 Å². The molecule has 1 atom stereocenters. The quantitative estimate of drug-likeness (QED) is 0.442. The van der Waals surface area contributed by atoms with E-state index in [1.807, 2.05) is 13.1 Å². The van der Waals surface area contributed by atoms with Crippen LogP contribution in [0.5, 0.6) is 0 Å². The normalized spacial score (nSPS) is 17.8. The molecule has 3 heterocycles. The van der Waals surface area contributed by atoms with Crippen molar-refractivity contribution in [3.63, 3.8) is 0 Å². The number of halogens is 1. The molecule has 1 aliphatic heterocycles. The number of hydrogen-bond acceptors (Lipinski definition) is 4. The predicted molar refractivity (Wildman–Crippen MR) is 134 cm³/mol. The largest absolute Gasteiger partial charge is 0.376 e. The molecule has 0 radical (unpaired) electrons. The van der Waals surface area contributed by atoms with Crippen molar-refractivity contribution in [2.45, 2.75) is 37.5 Å². The minimum Gasteiger partial charge on any atom is -0.376 e. The van der Waals surface area contributed by atoms with Gasteiger partial charge in [0.15, 0.2) is 5.82 Å². The highest BCUT2D eigenvalue weighted by molar-refractivity contribution is 6.00. The highest BCUT2D eigenvalue weighted by Gasteiger charge is 2.44. The van der Waals surface area contributed by atoms with Gasteiger partial charge in [0.2, 0.25) is 0 Å². The Hall–Kier alpha value is -3.23. The molecule has 1 fully saturated rings. The summed E-state index contributed by atoms with van der Waals surface area (Å²) in [5.41, 5.74) is 11.3. The van der Waals surface area contributed by atoms with Gasteiger partial charge in [-0.25, -0.2) is 9.37 Å². The molecule has 0 saturated heterocycles. The van der Waals surface area contributed by atoms with E-state index in [-0.39, 0.29) is 18.1 Å². The summed E-state index contributed by atoms with van der Waals surface area (Å²) in [6.45, 7) is 0.899. The number of nitrogens with two attached hydrogens (primary N) is 1. The smallest absolute Gasteiger partial charge is 0.254 e. The number of carbonyl (C=O) groups excluding carboxylic acids is 1. The first-order valence-electron chi connectivity index (χ1n) is 12.2. The van der Waals surface area contributed by atoms with Crippen molar-refractivity contribution in [2.24, 2.45) is 12.8 Å². The van der Waals surface area contributed by atoms with Crippen LogP contribution in [0.4, 0.5) is 4.39 Å². The minimum atomic E-state index is -0.658. The summed E-state index contributed by atoms with van der Waals surface area (Å²) in [4.78, 5) is 19.8. The Labute approximate surface area is 203 Å². The zero-order chi connectivity index (χ0) is 24.3. The Morgan fingerprint density at radius 2 is 2.00 bits per heavy atom. The molecule has 35 heavy (non-hydrogen) atoms. The van der Waals surface area contributed by atoms with Crippen LogP contribution < -0.4 is 5.73 Å². The molecule has 1 amide bonds. The van der Waals surface area contributed by atoms with Gasteiger partial charge < -0.3 is 24.5 Å². The highest BCUT2D eigenvalue weighted by Crippen LogP contribution is 2.43. The highest BCUT2D eigenvalue weighted by atomic mass is 19.1. The SMILES string of the molecule is COC1(Cn2c(-c3nc4cc5c(cc4n3C)CCN(C[C@H](N)CF)C5=O)cc3ccccc32)CC1. The summed E-state index contributed by atoms with van der Waals surface area (Å²) >= 11 is 0. The van der Waals surface area contributed by atoms with Gasteiger partial charge in [-0.1, -0.05) is 18.2 Å². The summed E-state index contributed by atoms with van der Waals surface area (Å²) in [5, 5.41) is 1.16. The van der Waals surface area contributed by atoms with Crippen molar-refractivity contribution >= 4 is 27.8 Å². The lowest BCUT2D eigenvalue weighted by Crippen LogP contribution is -2.45. The number of imidazole rings is 1. The summed E-state index contributed by atoms with van der Waals surface area (Å²) in [5.74, 6) is 0.753. The average molecular weight is 476 g/mol. The van der Waals surface area contributed by atoms with Crippen LogP contribution in [0.1, 0.15) is 28.8 Å². The molecule has 182 valence electrons. The maximum absolute atomic E-state index is 13.1. The zero-order valence-corrected chi connectivity index (χ0v) is 20.1. The molecule has 0 unspecified atom stereocenters. The van der Waals surface area contributed by atoms with E-state index in [0.29, 0.717) is 18.5 Å². The van der Waals surface area contributed by atoms with E-state index in [4.69, 9.17) is 15.5 Å². The monoisotopic (exact) mass is 475 g/mol. The lowest BCUT2D eigenvalue weighted by atomic mass is 9.97. The fourth-order valence-corrected chi connectivity index (χ4v) is 5.37. The van der Waals surface area contributed by atoms with E-state index in [1.165, 1.54) is 0 Å². The van der Waals surface area contributed by atoms with E-state index in [2.05, 4.69) is 45.5 Å². The van der Waals surface area contributed by atoms with E-state index in [1.54, 1.807) is 12.0 Å². The van der Waals surface area contributed by atoms with E-state index < -0.39 is 12.7 Å². The fraction of sp³-hybridized carbons (Fsp3) is 0.407. The summed E-state index contributed by atoms with van der Waals surface area (Å²) in [6.07, 6.45) is 2.82. The van der Waals surface area contributed by atoms with Gasteiger partial charge in [-0.3, -0.25) is 4.79 Å². The number of aromatic nitrogens is 3. The number of amides is 1. The topological polar surface area (TPSA) is 78.3 Å². The molecule has 2 N–H and O–H groups in total. The van der Waals surface area contributed by atoms with Crippen LogP contribution in [0.15, 0.2) is 42.5 Å². The number of benzene rings is 2. The number of nitrogens with zero attached hydrogens (tertiary/aromatic N) is 4. The van der Waals surface area contributed by atoms with Gasteiger partial charge >= 0.3 is 0 Å². The van der Waals surface area contributed by atoms with Crippen molar-refractivity contribution < 1.29 is 13.9 Å². The zero-order valence-electron chi connectivity index (χ0n) is 20.1. The van der Waals surface area contributed by atoms with Crippen LogP contribution in [0.2, 0.25) is 0 Å². The molecule has 8 heteroatoms. The lowest BCUT2D eigenvalue weighted by molar-refractivity contribution is 0.0665. The molecule has 2 aromatic carbocycles. The van der Waals surface area contributed by atoms with Crippen LogP contribution in [0.3, 0.4) is 0 Å². The molecule has 4 aromatic rings. The number of aryl methyl sites for hydroxylation is 1. The van der Waals surface area contributed by atoms with Crippen LogP contribution in [0, 0.1) is 0 Å². The Balaban J connectivity index is 1.45. The van der Waals surface area contributed by atoms with Gasteiger partial charge in [-0.2, -0.15) is 0 Å². The first-order chi connectivity index (χ1) is 16.9. The third kappa shape index (κ3) is 3.63. The molecule has 0 spiro atoms. The molecule has 1 aliphatic carbocycles. The Kier molecular flexibility index (Phi) is 5.19. The average Bonchev–Trinajstić information content (AvgIpc) is 3.47. The second-order valence-electron chi connectivity index (χ2n) is 9.97. The standard InChI is InChI=1S/C27H30FN5O2/c1-31-23-11-17-7-10-32(15-19(29)14-28)26(34)20(17)13-21(23)30-25(31)24-12-18-5-3-4-6-22(18)33(24)16-27(35-2)8-9-27/h3-6,11-13,19H,7-10,14-16,29H2,1-2H3/t19-/m1/s1. The lowest BCUT2D eigenvalue weighted by Gasteiger charge is -2.30. The van der Waals surface area contributed by atoms with Gasteiger partial charge in [0.1, 0.15) is 6.67 Å². The molecule has 7 nitrogen and oxygen atoms in total. The number of alkyl halides is 1. The number of rotatable bonds is 7. The van der Waals surface area contributed by atoms with Crippen molar-refractivity contribution in [3.8, 4) is 11.5 Å². The molecular formula is C27H30FN5O2. The fourth-order valence-electron chi connectivity index (χ4n) is 5.37. The first kappa shape index (κ1) is 22.2. The Morgan fingerprint density at radius 1 is 1.20 bits per heavy atom. The number of methoxy groups -OCH3 is 1. The van der Waals surface area contributed by atoms with Gasteiger partial charge in [0.05, 0.1) is 34.9 Å². The van der Waals surface area contributed by atoms with Gasteiger partial charge in [-0.05, 0) is 49.1 Å². The summed E-state index contributed by atoms with van der Waals surface area (Å²) in [7, 11) is 3.82. The van der Waals surface area contributed by atoms with E-state index in [9.17, 15) is 9.18 Å². The van der Waals surface area contributed by atoms with Crippen molar-refractivity contribution in [1.82, 2.24) is 19.0 Å². The van der Waals surface area contributed by atoms with Crippen LogP contribution in [0.25, 0.3) is 33.5 Å². The molecule has 1 saturated carbocycles. The van der Waals surface area contributed by atoms with Gasteiger partial charge in [0.25, 0.3) is 5.91 Å². The maximum atomic E-state index is 13.1. The minimum absolute atomic E-state index is 0.103. The second kappa shape index (κ2) is 8.17. The van der Waals surface area contributed by atoms with Crippen LogP contribution in [-0.4, -0.2) is 63.4 Å². The van der Waals surface area contributed by atoms with Gasteiger partial charge in [0, 0.05) is 43.7 Å². The molecular weight excluding hydrogens is 445 g/mol. The summed E-state index contributed by atoms with van der Waals surface area (Å²) in [6, 6.07) is 13.9. The molecule has 0 bridgehead atoms. The van der Waals surface area contributed by atoms with Crippen LogP contribution in [-0.2, 0) is 24.8 Å². The van der Waals surface area contributed by atoms with Crippen LogP contribution >= 0.6 is 0 Å². The number of ether oxygens (including phenoxy) is 1. The Morgan fingerprint density at radius 3 is 2.74 bits per heavy atom. The maximum Gasteiger partial charge on any atom is 0.254 e. The number of carbonyl (C=O) groups is 1. The molecule has 6 rings (SSSR count).